The third kappa shape index (κ3) is 11.3. The van der Waals surface area contributed by atoms with Crippen molar-refractivity contribution >= 4 is 102 Å². The first-order valence-electron chi connectivity index (χ1n) is 27.5. The molecule has 0 saturated carbocycles. The average molecular weight is 1130 g/mol. The van der Waals surface area contributed by atoms with Gasteiger partial charge in [-0.15, -0.1) is 22.7 Å². The molecular formula is C74H56N4O2S3. The molecule has 3 aromatic heterocycles. The third-order valence-electron chi connectivity index (χ3n) is 14.6. The van der Waals surface area contributed by atoms with Crippen LogP contribution in [0.3, 0.4) is 0 Å². The van der Waals surface area contributed by atoms with Crippen LogP contribution in [-0.4, -0.2) is 0 Å². The molecule has 0 aliphatic carbocycles. The minimum atomic E-state index is 0.716. The van der Waals surface area contributed by atoms with Crippen LogP contribution in [0.4, 0.5) is 68.2 Å². The van der Waals surface area contributed by atoms with Gasteiger partial charge in [-0.2, -0.15) is 0 Å². The van der Waals surface area contributed by atoms with Crippen molar-refractivity contribution in [1.29, 1.82) is 0 Å². The molecule has 0 aliphatic rings. The Morgan fingerprint density at radius 2 is 0.530 bits per heavy atom. The first-order valence-corrected chi connectivity index (χ1v) is 30.1. The van der Waals surface area contributed by atoms with Crippen LogP contribution in [0.1, 0.15) is 11.1 Å². The van der Waals surface area contributed by atoms with E-state index in [1.807, 2.05) is 12.1 Å². The van der Waals surface area contributed by atoms with Crippen molar-refractivity contribution < 1.29 is 9.47 Å². The molecule has 402 valence electrons. The van der Waals surface area contributed by atoms with Crippen LogP contribution >= 0.6 is 34.0 Å². The molecule has 10 aromatic carbocycles. The van der Waals surface area contributed by atoms with Gasteiger partial charge in [0.05, 0.1) is 11.4 Å². The Balaban J connectivity index is 0.848. The normalized spacial score (nSPS) is 11.0. The Morgan fingerprint density at radius 1 is 0.265 bits per heavy atom. The summed E-state index contributed by atoms with van der Waals surface area (Å²) in [6.07, 6.45) is 0. The van der Waals surface area contributed by atoms with Gasteiger partial charge in [0, 0.05) is 77.8 Å². The summed E-state index contributed by atoms with van der Waals surface area (Å²) in [7, 11) is 0. The van der Waals surface area contributed by atoms with E-state index in [0.717, 1.165) is 112 Å². The second kappa shape index (κ2) is 24.1. The van der Waals surface area contributed by atoms with Gasteiger partial charge in [-0.3, -0.25) is 0 Å². The van der Waals surface area contributed by atoms with Crippen LogP contribution in [0.2, 0.25) is 0 Å². The maximum atomic E-state index is 7.05. The van der Waals surface area contributed by atoms with E-state index in [2.05, 4.69) is 323 Å². The van der Waals surface area contributed by atoms with E-state index in [1.54, 1.807) is 22.7 Å². The van der Waals surface area contributed by atoms with Crippen LogP contribution in [-0.2, 0) is 0 Å². The van der Waals surface area contributed by atoms with Crippen molar-refractivity contribution in [2.24, 2.45) is 0 Å². The molecule has 0 saturated heterocycles. The molecule has 0 bridgehead atoms. The zero-order chi connectivity index (χ0) is 55.9. The minimum absolute atomic E-state index is 0.716. The van der Waals surface area contributed by atoms with Crippen molar-refractivity contribution in [1.82, 2.24) is 0 Å². The molecular weight excluding hydrogens is 1070 g/mol. The first-order chi connectivity index (χ1) is 41.0. The average Bonchev–Trinajstić information content (AvgIpc) is 4.53. The quantitative estimate of drug-likeness (QED) is 0.0851. The van der Waals surface area contributed by atoms with Crippen molar-refractivity contribution in [3.05, 3.63) is 313 Å². The van der Waals surface area contributed by atoms with E-state index in [0.29, 0.717) is 10.1 Å². The molecule has 0 fully saturated rings. The Morgan fingerprint density at radius 3 is 0.807 bits per heavy atom. The van der Waals surface area contributed by atoms with Crippen LogP contribution < -0.4 is 29.1 Å². The number of benzene rings is 10. The molecule has 0 aliphatic heterocycles. The molecule has 6 nitrogen and oxygen atoms in total. The minimum Gasteiger partial charge on any atom is -0.446 e. The van der Waals surface area contributed by atoms with Gasteiger partial charge in [0.1, 0.15) is 11.5 Å². The topological polar surface area (TPSA) is 31.4 Å². The van der Waals surface area contributed by atoms with Gasteiger partial charge in [-0.25, -0.2) is 0 Å². The van der Waals surface area contributed by atoms with Crippen molar-refractivity contribution in [3.8, 4) is 42.5 Å². The summed E-state index contributed by atoms with van der Waals surface area (Å²) in [6, 6.07) is 102. The fourth-order valence-corrected chi connectivity index (χ4v) is 12.7. The summed E-state index contributed by atoms with van der Waals surface area (Å²) in [4.78, 5) is 11.5. The number of thiophene rings is 3. The summed E-state index contributed by atoms with van der Waals surface area (Å²) >= 11 is 4.92. The fourth-order valence-electron chi connectivity index (χ4n) is 10.5. The van der Waals surface area contributed by atoms with Gasteiger partial charge < -0.3 is 29.1 Å². The summed E-state index contributed by atoms with van der Waals surface area (Å²) in [5, 5.41) is 5.68. The molecule has 0 N–H and O–H groups in total. The standard InChI is InChI=1S/C74H56N4O2S3/c1-53-67(77(61-31-17-7-18-32-61)65-41-37-63(38-42-65)75(57-23-9-3-10-24-57)58-25-11-4-12-26-58)49-55(71-35-21-47-81-71)51-69(53)79-73-45-46-74(83-73)80-70-52-56(72-36-22-48-82-72)50-68(54(70)2)78(62-33-19-8-20-34-62)66-43-39-64(40-44-66)76(59-27-13-5-14-28-59)60-29-15-6-16-30-60/h3-52H,1-2H3. The van der Waals surface area contributed by atoms with E-state index in [-0.39, 0.29) is 0 Å². The highest BCUT2D eigenvalue weighted by Crippen LogP contribution is 2.49. The molecule has 13 aromatic rings. The van der Waals surface area contributed by atoms with E-state index >= 15 is 0 Å². The van der Waals surface area contributed by atoms with E-state index in [9.17, 15) is 0 Å². The predicted molar refractivity (Wildman–Crippen MR) is 352 cm³/mol. The van der Waals surface area contributed by atoms with E-state index in [4.69, 9.17) is 9.47 Å². The van der Waals surface area contributed by atoms with Gasteiger partial charge in [-0.1, -0.05) is 133 Å². The summed E-state index contributed by atoms with van der Waals surface area (Å²) in [6.45, 7) is 4.31. The maximum Gasteiger partial charge on any atom is 0.184 e. The maximum absolute atomic E-state index is 7.05. The fraction of sp³-hybridized carbons (Fsp3) is 0.0270. The first kappa shape index (κ1) is 52.5. The lowest BCUT2D eigenvalue weighted by Gasteiger charge is -2.30. The van der Waals surface area contributed by atoms with Gasteiger partial charge in [0.15, 0.2) is 10.1 Å². The second-order valence-corrected chi connectivity index (χ2v) is 22.8. The number of para-hydroxylation sites is 6. The number of anilines is 12. The zero-order valence-electron chi connectivity index (χ0n) is 45.7. The Labute approximate surface area is 497 Å². The molecule has 0 spiro atoms. The number of ether oxygens (including phenoxy) is 2. The highest BCUT2D eigenvalue weighted by atomic mass is 32.1. The Hall–Kier alpha value is -9.90. The highest BCUT2D eigenvalue weighted by Gasteiger charge is 2.24. The van der Waals surface area contributed by atoms with Crippen LogP contribution in [0.25, 0.3) is 20.9 Å². The molecule has 3 heterocycles. The number of hydrogen-bond acceptors (Lipinski definition) is 9. The molecule has 0 radical (unpaired) electrons. The van der Waals surface area contributed by atoms with Crippen LogP contribution in [0, 0.1) is 13.8 Å². The zero-order valence-corrected chi connectivity index (χ0v) is 48.1. The summed E-state index contributed by atoms with van der Waals surface area (Å²) in [5.74, 6) is 1.52. The molecule has 0 amide bonds. The van der Waals surface area contributed by atoms with Crippen molar-refractivity contribution in [3.63, 3.8) is 0 Å². The molecule has 0 atom stereocenters. The second-order valence-electron chi connectivity index (χ2n) is 19.9. The number of rotatable bonds is 18. The predicted octanol–water partition coefficient (Wildman–Crippen LogP) is 23.3. The number of nitrogens with zero attached hydrogens (tertiary/aromatic N) is 4. The van der Waals surface area contributed by atoms with Crippen molar-refractivity contribution in [2.45, 2.75) is 13.8 Å². The summed E-state index contributed by atoms with van der Waals surface area (Å²) in [5.41, 5.74) is 16.7. The Kier molecular flexibility index (Phi) is 15.2. The molecule has 83 heavy (non-hydrogen) atoms. The molecule has 9 heteroatoms. The van der Waals surface area contributed by atoms with Gasteiger partial charge in [0.25, 0.3) is 0 Å². The lowest BCUT2D eigenvalue weighted by Crippen LogP contribution is -2.13. The SMILES string of the molecule is Cc1c(Oc2ccc(Oc3cc(-c4cccs4)cc(N(c4ccccc4)c4ccc(N(c5ccccc5)c5ccccc5)cc4)c3C)s2)cc(-c2cccs2)cc1N(c1ccccc1)c1ccc(N(c2ccccc2)c2ccccc2)cc1. The van der Waals surface area contributed by atoms with Crippen LogP contribution in [0.5, 0.6) is 21.6 Å². The van der Waals surface area contributed by atoms with Gasteiger partial charge in [-0.05, 0) is 206 Å². The Bertz CT molecular complexity index is 3850. The van der Waals surface area contributed by atoms with Crippen molar-refractivity contribution in [2.75, 3.05) is 19.6 Å². The van der Waals surface area contributed by atoms with Crippen LogP contribution in [0.15, 0.2) is 302 Å². The number of hydrogen-bond donors (Lipinski definition) is 0. The largest absolute Gasteiger partial charge is 0.446 e. The van der Waals surface area contributed by atoms with E-state index < -0.39 is 0 Å². The molecule has 13 rings (SSSR count). The van der Waals surface area contributed by atoms with Gasteiger partial charge >= 0.3 is 0 Å². The lowest BCUT2D eigenvalue weighted by atomic mass is 10.0. The van der Waals surface area contributed by atoms with E-state index in [1.165, 1.54) is 11.3 Å². The summed E-state index contributed by atoms with van der Waals surface area (Å²) < 4.78 is 14.1. The van der Waals surface area contributed by atoms with Gasteiger partial charge in [0.2, 0.25) is 0 Å². The smallest absolute Gasteiger partial charge is 0.184 e. The molecule has 0 unspecified atom stereocenters. The monoisotopic (exact) mass is 1130 g/mol. The lowest BCUT2D eigenvalue weighted by molar-refractivity contribution is 0.490. The third-order valence-corrected chi connectivity index (χ3v) is 17.2. The highest BCUT2D eigenvalue weighted by molar-refractivity contribution is 7.15.